The van der Waals surface area contributed by atoms with Crippen LogP contribution >= 0.6 is 0 Å². The Morgan fingerprint density at radius 1 is 1.08 bits per heavy atom. The SMILES string of the molecule is O=C(Nc1ncccc1-c1ccccc1)c1cc2c(cn1)OCCC2. The molecule has 0 unspecified atom stereocenters. The molecule has 2 aromatic heterocycles. The predicted octanol–water partition coefficient (Wildman–Crippen LogP) is 3.72. The fourth-order valence-corrected chi connectivity index (χ4v) is 2.91. The van der Waals surface area contributed by atoms with E-state index in [0.717, 1.165) is 35.3 Å². The first-order chi connectivity index (χ1) is 12.3. The summed E-state index contributed by atoms with van der Waals surface area (Å²) in [6.45, 7) is 0.703. The molecule has 25 heavy (non-hydrogen) atoms. The number of aryl methyl sites for hydroxylation is 1. The van der Waals surface area contributed by atoms with Crippen molar-refractivity contribution in [2.75, 3.05) is 11.9 Å². The first kappa shape index (κ1) is 15.3. The molecule has 0 aliphatic carbocycles. The number of hydrogen-bond donors (Lipinski definition) is 1. The number of hydrogen-bond acceptors (Lipinski definition) is 4. The largest absolute Gasteiger partial charge is 0.492 e. The molecule has 0 saturated carbocycles. The maximum absolute atomic E-state index is 12.6. The fourth-order valence-electron chi connectivity index (χ4n) is 2.91. The quantitative estimate of drug-likeness (QED) is 0.794. The summed E-state index contributed by atoms with van der Waals surface area (Å²) in [7, 11) is 0. The third-order valence-electron chi connectivity index (χ3n) is 4.15. The smallest absolute Gasteiger partial charge is 0.275 e. The van der Waals surface area contributed by atoms with Crippen LogP contribution in [0, 0.1) is 0 Å². The average Bonchev–Trinajstić information content (AvgIpc) is 2.68. The van der Waals surface area contributed by atoms with E-state index in [-0.39, 0.29) is 5.91 Å². The van der Waals surface area contributed by atoms with Crippen LogP contribution in [0.3, 0.4) is 0 Å². The molecule has 0 bridgehead atoms. The zero-order valence-electron chi connectivity index (χ0n) is 13.6. The molecule has 0 saturated heterocycles. The third kappa shape index (κ3) is 3.21. The van der Waals surface area contributed by atoms with Crippen molar-refractivity contribution in [2.45, 2.75) is 12.8 Å². The van der Waals surface area contributed by atoms with Gasteiger partial charge >= 0.3 is 0 Å². The van der Waals surface area contributed by atoms with Gasteiger partial charge in [0.1, 0.15) is 17.3 Å². The number of fused-ring (bicyclic) bond motifs is 1. The molecule has 1 aliphatic rings. The van der Waals surface area contributed by atoms with Gasteiger partial charge in [-0.15, -0.1) is 0 Å². The normalized spacial score (nSPS) is 12.8. The van der Waals surface area contributed by atoms with Crippen LogP contribution in [-0.2, 0) is 6.42 Å². The zero-order valence-corrected chi connectivity index (χ0v) is 13.6. The Balaban J connectivity index is 1.62. The number of carbonyl (C=O) groups excluding carboxylic acids is 1. The second-order valence-corrected chi connectivity index (χ2v) is 5.85. The van der Waals surface area contributed by atoms with Gasteiger partial charge in [-0.05, 0) is 42.2 Å². The molecule has 3 heterocycles. The summed E-state index contributed by atoms with van der Waals surface area (Å²) in [4.78, 5) is 21.2. The Morgan fingerprint density at radius 3 is 2.84 bits per heavy atom. The van der Waals surface area contributed by atoms with Gasteiger partial charge in [0.05, 0.1) is 12.8 Å². The molecule has 5 nitrogen and oxygen atoms in total. The van der Waals surface area contributed by atoms with Crippen molar-refractivity contribution < 1.29 is 9.53 Å². The van der Waals surface area contributed by atoms with Gasteiger partial charge in [0.2, 0.25) is 0 Å². The third-order valence-corrected chi connectivity index (χ3v) is 4.15. The molecular formula is C20H17N3O2. The van der Waals surface area contributed by atoms with Gasteiger partial charge in [-0.1, -0.05) is 30.3 Å². The number of nitrogens with one attached hydrogen (secondary N) is 1. The number of anilines is 1. The Hall–Kier alpha value is -3.21. The number of nitrogens with zero attached hydrogens (tertiary/aromatic N) is 2. The lowest BCUT2D eigenvalue weighted by Gasteiger charge is -2.17. The summed E-state index contributed by atoms with van der Waals surface area (Å²) in [5.74, 6) is 1.02. The van der Waals surface area contributed by atoms with Crippen molar-refractivity contribution in [1.29, 1.82) is 0 Å². The highest BCUT2D eigenvalue weighted by atomic mass is 16.5. The number of pyridine rings is 2. The van der Waals surface area contributed by atoms with Gasteiger partial charge in [0.25, 0.3) is 5.91 Å². The molecule has 1 aromatic carbocycles. The Kier molecular flexibility index (Phi) is 4.12. The summed E-state index contributed by atoms with van der Waals surface area (Å²) in [5.41, 5.74) is 3.26. The van der Waals surface area contributed by atoms with E-state index in [4.69, 9.17) is 4.74 Å². The van der Waals surface area contributed by atoms with E-state index in [0.29, 0.717) is 18.1 Å². The highest BCUT2D eigenvalue weighted by Gasteiger charge is 2.16. The minimum Gasteiger partial charge on any atom is -0.492 e. The van der Waals surface area contributed by atoms with Crippen molar-refractivity contribution in [2.24, 2.45) is 0 Å². The molecular weight excluding hydrogens is 314 g/mol. The molecule has 1 aliphatic heterocycles. The Morgan fingerprint density at radius 2 is 1.96 bits per heavy atom. The standard InChI is InChI=1S/C20H17N3O2/c24-20(17-12-15-8-5-11-25-18(15)13-22-17)23-19-16(9-4-10-21-19)14-6-2-1-3-7-14/h1-4,6-7,9-10,12-13H,5,8,11H2,(H,21,23,24). The summed E-state index contributed by atoms with van der Waals surface area (Å²) in [6, 6.07) is 15.4. The van der Waals surface area contributed by atoms with E-state index >= 15 is 0 Å². The number of aromatic nitrogens is 2. The maximum atomic E-state index is 12.6. The number of amides is 1. The van der Waals surface area contributed by atoms with E-state index in [1.165, 1.54) is 0 Å². The summed E-state index contributed by atoms with van der Waals surface area (Å²) >= 11 is 0. The molecule has 1 N–H and O–H groups in total. The number of ether oxygens (including phenoxy) is 1. The Labute approximate surface area is 145 Å². The highest BCUT2D eigenvalue weighted by Crippen LogP contribution is 2.27. The molecule has 124 valence electrons. The van der Waals surface area contributed by atoms with Crippen LogP contribution in [-0.4, -0.2) is 22.5 Å². The van der Waals surface area contributed by atoms with Crippen LogP contribution in [0.15, 0.2) is 60.9 Å². The molecule has 0 radical (unpaired) electrons. The second-order valence-electron chi connectivity index (χ2n) is 5.85. The van der Waals surface area contributed by atoms with Crippen molar-refractivity contribution in [3.05, 3.63) is 72.2 Å². The van der Waals surface area contributed by atoms with Crippen molar-refractivity contribution in [3.8, 4) is 16.9 Å². The van der Waals surface area contributed by atoms with Crippen LogP contribution in [0.25, 0.3) is 11.1 Å². The lowest BCUT2D eigenvalue weighted by Crippen LogP contribution is -2.17. The molecule has 5 heteroatoms. The van der Waals surface area contributed by atoms with Gasteiger partial charge < -0.3 is 10.1 Å². The first-order valence-electron chi connectivity index (χ1n) is 8.25. The minimum absolute atomic E-state index is 0.274. The zero-order chi connectivity index (χ0) is 17.1. The number of benzene rings is 1. The van der Waals surface area contributed by atoms with Gasteiger partial charge in [-0.25, -0.2) is 9.97 Å². The number of rotatable bonds is 3. The van der Waals surface area contributed by atoms with Crippen molar-refractivity contribution in [1.82, 2.24) is 9.97 Å². The monoisotopic (exact) mass is 331 g/mol. The summed E-state index contributed by atoms with van der Waals surface area (Å²) in [6.07, 6.45) is 5.14. The Bertz CT molecular complexity index is 910. The molecule has 0 spiro atoms. The first-order valence-corrected chi connectivity index (χ1v) is 8.25. The predicted molar refractivity (Wildman–Crippen MR) is 95.7 cm³/mol. The molecule has 4 rings (SSSR count). The van der Waals surface area contributed by atoms with Gasteiger partial charge in [-0.2, -0.15) is 0 Å². The molecule has 3 aromatic rings. The van der Waals surface area contributed by atoms with E-state index in [9.17, 15) is 4.79 Å². The lowest BCUT2D eigenvalue weighted by molar-refractivity contribution is 0.102. The van der Waals surface area contributed by atoms with Crippen LogP contribution in [0.2, 0.25) is 0 Å². The molecule has 1 amide bonds. The van der Waals surface area contributed by atoms with Crippen LogP contribution in [0.5, 0.6) is 5.75 Å². The van der Waals surface area contributed by atoms with Gasteiger partial charge in [0, 0.05) is 11.8 Å². The second kappa shape index (κ2) is 6.73. The van der Waals surface area contributed by atoms with E-state index in [1.54, 1.807) is 18.5 Å². The maximum Gasteiger partial charge on any atom is 0.275 e. The van der Waals surface area contributed by atoms with E-state index in [1.807, 2.05) is 42.5 Å². The topological polar surface area (TPSA) is 64.1 Å². The van der Waals surface area contributed by atoms with Crippen molar-refractivity contribution in [3.63, 3.8) is 0 Å². The van der Waals surface area contributed by atoms with E-state index < -0.39 is 0 Å². The van der Waals surface area contributed by atoms with Crippen LogP contribution < -0.4 is 10.1 Å². The van der Waals surface area contributed by atoms with Crippen LogP contribution in [0.4, 0.5) is 5.82 Å². The van der Waals surface area contributed by atoms with Gasteiger partial charge in [0.15, 0.2) is 0 Å². The minimum atomic E-state index is -0.274. The van der Waals surface area contributed by atoms with E-state index in [2.05, 4.69) is 15.3 Å². The molecule has 0 fully saturated rings. The molecule has 0 atom stereocenters. The van der Waals surface area contributed by atoms with Crippen molar-refractivity contribution >= 4 is 11.7 Å². The van der Waals surface area contributed by atoms with Crippen LogP contribution in [0.1, 0.15) is 22.5 Å². The average molecular weight is 331 g/mol. The fraction of sp³-hybridized carbons (Fsp3) is 0.150. The van der Waals surface area contributed by atoms with Gasteiger partial charge in [-0.3, -0.25) is 4.79 Å². The lowest BCUT2D eigenvalue weighted by atomic mass is 10.1. The highest BCUT2D eigenvalue weighted by molar-refractivity contribution is 6.04. The summed E-state index contributed by atoms with van der Waals surface area (Å²) in [5, 5.41) is 2.88. The number of carbonyl (C=O) groups is 1. The summed E-state index contributed by atoms with van der Waals surface area (Å²) < 4.78 is 5.55.